The predicted octanol–water partition coefficient (Wildman–Crippen LogP) is 2.73. The summed E-state index contributed by atoms with van der Waals surface area (Å²) in [5.74, 6) is 1.79. The van der Waals surface area contributed by atoms with E-state index in [2.05, 4.69) is 35.3 Å². The van der Waals surface area contributed by atoms with Gasteiger partial charge in [0.15, 0.2) is 11.5 Å². The van der Waals surface area contributed by atoms with Crippen molar-refractivity contribution < 1.29 is 14.3 Å². The second-order valence-corrected chi connectivity index (χ2v) is 7.25. The van der Waals surface area contributed by atoms with Gasteiger partial charge in [-0.3, -0.25) is 9.69 Å². The minimum atomic E-state index is 0.155. The van der Waals surface area contributed by atoms with Crippen LogP contribution < -0.4 is 14.8 Å². The van der Waals surface area contributed by atoms with Crippen LogP contribution in [0, 0.1) is 0 Å². The molecule has 2 heterocycles. The van der Waals surface area contributed by atoms with Gasteiger partial charge in [0.25, 0.3) is 0 Å². The molecule has 1 fully saturated rings. The number of aryl methyl sites for hydroxylation is 1. The molecule has 0 spiro atoms. The predicted molar refractivity (Wildman–Crippen MR) is 109 cm³/mol. The fraction of sp³-hybridized carbons (Fsp3) is 0.409. The van der Waals surface area contributed by atoms with Crippen molar-refractivity contribution >= 4 is 11.6 Å². The third-order valence-electron chi connectivity index (χ3n) is 5.37. The van der Waals surface area contributed by atoms with E-state index >= 15 is 0 Å². The summed E-state index contributed by atoms with van der Waals surface area (Å²) in [6, 6.07) is 14.4. The highest BCUT2D eigenvalue weighted by molar-refractivity contribution is 5.81. The summed E-state index contributed by atoms with van der Waals surface area (Å²) in [6.45, 7) is 6.93. The quantitative estimate of drug-likeness (QED) is 0.834. The minimum Gasteiger partial charge on any atom is -0.454 e. The molecule has 6 heteroatoms. The molecule has 148 valence electrons. The van der Waals surface area contributed by atoms with Crippen molar-refractivity contribution in [2.24, 2.45) is 0 Å². The zero-order valence-corrected chi connectivity index (χ0v) is 16.3. The molecule has 1 amide bonds. The molecule has 28 heavy (non-hydrogen) atoms. The van der Waals surface area contributed by atoms with Crippen molar-refractivity contribution in [2.45, 2.75) is 19.9 Å². The summed E-state index contributed by atoms with van der Waals surface area (Å²) in [4.78, 5) is 16.8. The van der Waals surface area contributed by atoms with Gasteiger partial charge in [-0.2, -0.15) is 0 Å². The molecule has 0 bridgehead atoms. The van der Waals surface area contributed by atoms with Gasteiger partial charge >= 0.3 is 0 Å². The normalized spacial score (nSPS) is 16.2. The average Bonchev–Trinajstić information content (AvgIpc) is 3.21. The maximum atomic E-state index is 12.5. The van der Waals surface area contributed by atoms with E-state index in [1.54, 1.807) is 0 Å². The molecule has 0 aromatic heterocycles. The molecule has 2 aromatic rings. The van der Waals surface area contributed by atoms with Crippen LogP contribution in [0.3, 0.4) is 0 Å². The number of nitrogens with one attached hydrogen (secondary N) is 1. The maximum Gasteiger partial charge on any atom is 0.241 e. The zero-order chi connectivity index (χ0) is 19.3. The lowest BCUT2D eigenvalue weighted by Gasteiger charge is -2.35. The standard InChI is InChI=1S/C22H27N3O3/c1-2-17-3-6-19(7-4-17)23-14-22(26)25-11-9-24(10-12-25)15-18-5-8-20-21(13-18)28-16-27-20/h3-8,13,23H,2,9-12,14-16H2,1H3. The van der Waals surface area contributed by atoms with Crippen LogP contribution in [-0.4, -0.2) is 55.2 Å². The van der Waals surface area contributed by atoms with E-state index in [1.165, 1.54) is 11.1 Å². The molecule has 2 aliphatic heterocycles. The molecular formula is C22H27N3O3. The van der Waals surface area contributed by atoms with Crippen molar-refractivity contribution in [1.82, 2.24) is 9.80 Å². The van der Waals surface area contributed by atoms with E-state index in [0.717, 1.165) is 56.3 Å². The number of carbonyl (C=O) groups is 1. The molecule has 2 aliphatic rings. The largest absolute Gasteiger partial charge is 0.454 e. The Morgan fingerprint density at radius 2 is 1.68 bits per heavy atom. The molecule has 0 unspecified atom stereocenters. The zero-order valence-electron chi connectivity index (χ0n) is 16.3. The number of nitrogens with zero attached hydrogens (tertiary/aromatic N) is 2. The van der Waals surface area contributed by atoms with Crippen molar-refractivity contribution in [3.63, 3.8) is 0 Å². The Bertz CT molecular complexity index is 814. The number of anilines is 1. The molecule has 1 saturated heterocycles. The lowest BCUT2D eigenvalue weighted by atomic mass is 10.1. The number of fused-ring (bicyclic) bond motifs is 1. The van der Waals surface area contributed by atoms with E-state index in [0.29, 0.717) is 13.3 Å². The Morgan fingerprint density at radius 1 is 0.964 bits per heavy atom. The number of hydrogen-bond donors (Lipinski definition) is 1. The second kappa shape index (κ2) is 8.52. The number of amides is 1. The van der Waals surface area contributed by atoms with Gasteiger partial charge in [-0.05, 0) is 41.8 Å². The molecule has 0 atom stereocenters. The van der Waals surface area contributed by atoms with Gasteiger partial charge in [0, 0.05) is 38.4 Å². The molecule has 1 N–H and O–H groups in total. The lowest BCUT2D eigenvalue weighted by molar-refractivity contribution is -0.131. The maximum absolute atomic E-state index is 12.5. The van der Waals surface area contributed by atoms with Gasteiger partial charge in [0.2, 0.25) is 12.7 Å². The molecule has 2 aromatic carbocycles. The molecule has 4 rings (SSSR count). The lowest BCUT2D eigenvalue weighted by Crippen LogP contribution is -2.49. The van der Waals surface area contributed by atoms with Crippen molar-refractivity contribution in [3.8, 4) is 11.5 Å². The number of ether oxygens (including phenoxy) is 2. The van der Waals surface area contributed by atoms with Gasteiger partial charge in [0.05, 0.1) is 6.54 Å². The Hall–Kier alpha value is -2.73. The van der Waals surface area contributed by atoms with Crippen LogP contribution in [-0.2, 0) is 17.8 Å². The van der Waals surface area contributed by atoms with Gasteiger partial charge in [-0.15, -0.1) is 0 Å². The summed E-state index contributed by atoms with van der Waals surface area (Å²) in [6.07, 6.45) is 1.02. The fourth-order valence-electron chi connectivity index (χ4n) is 3.60. The van der Waals surface area contributed by atoms with Crippen LogP contribution in [0.1, 0.15) is 18.1 Å². The topological polar surface area (TPSA) is 54.0 Å². The Balaban J connectivity index is 1.22. The van der Waals surface area contributed by atoms with Crippen molar-refractivity contribution in [2.75, 3.05) is 44.8 Å². The summed E-state index contributed by atoms with van der Waals surface area (Å²) in [7, 11) is 0. The summed E-state index contributed by atoms with van der Waals surface area (Å²) in [5, 5.41) is 3.24. The first-order valence-electron chi connectivity index (χ1n) is 9.93. The van der Waals surface area contributed by atoms with E-state index in [9.17, 15) is 4.79 Å². The SMILES string of the molecule is CCc1ccc(NCC(=O)N2CCN(Cc3ccc4c(c3)OCO4)CC2)cc1. The molecule has 0 radical (unpaired) electrons. The molecule has 0 saturated carbocycles. The second-order valence-electron chi connectivity index (χ2n) is 7.25. The summed E-state index contributed by atoms with van der Waals surface area (Å²) >= 11 is 0. The van der Waals surface area contributed by atoms with Crippen LogP contribution in [0.25, 0.3) is 0 Å². The Morgan fingerprint density at radius 3 is 2.43 bits per heavy atom. The number of benzene rings is 2. The van der Waals surface area contributed by atoms with E-state index in [-0.39, 0.29) is 5.91 Å². The van der Waals surface area contributed by atoms with E-state index in [4.69, 9.17) is 9.47 Å². The Labute approximate surface area is 166 Å². The van der Waals surface area contributed by atoms with Gasteiger partial charge in [0.1, 0.15) is 0 Å². The number of carbonyl (C=O) groups excluding carboxylic acids is 1. The van der Waals surface area contributed by atoms with Crippen LogP contribution >= 0.6 is 0 Å². The highest BCUT2D eigenvalue weighted by Crippen LogP contribution is 2.32. The van der Waals surface area contributed by atoms with Crippen LogP contribution in [0.5, 0.6) is 11.5 Å². The van der Waals surface area contributed by atoms with Gasteiger partial charge in [-0.1, -0.05) is 25.1 Å². The van der Waals surface area contributed by atoms with Crippen LogP contribution in [0.4, 0.5) is 5.69 Å². The van der Waals surface area contributed by atoms with E-state index < -0.39 is 0 Å². The third kappa shape index (κ3) is 4.39. The highest BCUT2D eigenvalue weighted by Gasteiger charge is 2.21. The average molecular weight is 381 g/mol. The first-order chi connectivity index (χ1) is 13.7. The van der Waals surface area contributed by atoms with Gasteiger partial charge in [-0.25, -0.2) is 0 Å². The van der Waals surface area contributed by atoms with Crippen molar-refractivity contribution in [3.05, 3.63) is 53.6 Å². The molecular weight excluding hydrogens is 354 g/mol. The summed E-state index contributed by atoms with van der Waals surface area (Å²) < 4.78 is 10.8. The molecule has 6 nitrogen and oxygen atoms in total. The van der Waals surface area contributed by atoms with Crippen LogP contribution in [0.2, 0.25) is 0 Å². The minimum absolute atomic E-state index is 0.155. The highest BCUT2D eigenvalue weighted by atomic mass is 16.7. The van der Waals surface area contributed by atoms with Crippen molar-refractivity contribution in [1.29, 1.82) is 0 Å². The summed E-state index contributed by atoms with van der Waals surface area (Å²) in [5.41, 5.74) is 3.50. The smallest absolute Gasteiger partial charge is 0.241 e. The molecule has 0 aliphatic carbocycles. The monoisotopic (exact) mass is 381 g/mol. The first kappa shape index (κ1) is 18.6. The van der Waals surface area contributed by atoms with Gasteiger partial charge < -0.3 is 19.7 Å². The third-order valence-corrected chi connectivity index (χ3v) is 5.37. The Kier molecular flexibility index (Phi) is 5.67. The number of rotatable bonds is 6. The van der Waals surface area contributed by atoms with E-state index in [1.807, 2.05) is 29.2 Å². The fourth-order valence-corrected chi connectivity index (χ4v) is 3.60. The first-order valence-corrected chi connectivity index (χ1v) is 9.93. The van der Waals surface area contributed by atoms with Crippen LogP contribution in [0.15, 0.2) is 42.5 Å². The number of piperazine rings is 1. The number of hydrogen-bond acceptors (Lipinski definition) is 5.